The number of aliphatic hydroxyl groups excluding tert-OH is 2. The third kappa shape index (κ3) is 2.77. The number of methoxy groups -OCH3 is 1. The molecule has 1 aliphatic carbocycles. The molecule has 1 fully saturated rings. The van der Waals surface area contributed by atoms with Crippen LogP contribution in [-0.2, 0) is 9.57 Å². The van der Waals surface area contributed by atoms with Gasteiger partial charge in [-0.05, 0) is 18.8 Å². The molecule has 0 spiro atoms. The van der Waals surface area contributed by atoms with Crippen molar-refractivity contribution in [2.45, 2.75) is 31.2 Å². The van der Waals surface area contributed by atoms with Crippen molar-refractivity contribution in [2.24, 2.45) is 5.92 Å². The summed E-state index contributed by atoms with van der Waals surface area (Å²) in [7, 11) is 1.41. The van der Waals surface area contributed by atoms with E-state index in [-0.39, 0.29) is 12.5 Å². The number of rotatable bonds is 5. The summed E-state index contributed by atoms with van der Waals surface area (Å²) in [5.41, 5.74) is 0. The van der Waals surface area contributed by atoms with E-state index in [0.717, 1.165) is 0 Å². The van der Waals surface area contributed by atoms with Crippen LogP contribution in [0.15, 0.2) is 0 Å². The predicted molar refractivity (Wildman–Crippen MR) is 48.5 cm³/mol. The zero-order chi connectivity index (χ0) is 11.4. The van der Waals surface area contributed by atoms with Crippen molar-refractivity contribution in [3.05, 3.63) is 10.1 Å². The van der Waals surface area contributed by atoms with Crippen molar-refractivity contribution in [3.63, 3.8) is 0 Å². The van der Waals surface area contributed by atoms with Crippen molar-refractivity contribution in [1.82, 2.24) is 0 Å². The van der Waals surface area contributed by atoms with Crippen molar-refractivity contribution >= 4 is 0 Å². The second-order valence-corrected chi connectivity index (χ2v) is 3.57. The molecule has 0 aliphatic heterocycles. The lowest BCUT2D eigenvalue weighted by Gasteiger charge is -2.19. The minimum absolute atomic E-state index is 0.0661. The minimum atomic E-state index is -0.965. The zero-order valence-electron chi connectivity index (χ0n) is 8.41. The second-order valence-electron chi connectivity index (χ2n) is 3.57. The lowest BCUT2D eigenvalue weighted by Crippen LogP contribution is -2.36. The summed E-state index contributed by atoms with van der Waals surface area (Å²) in [5, 5.41) is 27.7. The first kappa shape index (κ1) is 12.2. The van der Waals surface area contributed by atoms with Crippen molar-refractivity contribution in [3.8, 4) is 0 Å². The SMILES string of the molecule is CO[C@@H]1C[C@H](CCO)[C@H](O)[C@H]1O[N+](=O)[O-]. The molecule has 2 N–H and O–H groups in total. The molecule has 0 unspecified atom stereocenters. The van der Waals surface area contributed by atoms with Crippen LogP contribution in [0.1, 0.15) is 12.8 Å². The van der Waals surface area contributed by atoms with Gasteiger partial charge in [-0.15, -0.1) is 10.1 Å². The summed E-state index contributed by atoms with van der Waals surface area (Å²) in [6.07, 6.45) is -1.58. The molecule has 0 bridgehead atoms. The third-order valence-corrected chi connectivity index (χ3v) is 2.73. The van der Waals surface area contributed by atoms with E-state index in [2.05, 4.69) is 4.84 Å². The smallest absolute Gasteiger partial charge is 0.294 e. The largest absolute Gasteiger partial charge is 0.396 e. The minimum Gasteiger partial charge on any atom is -0.396 e. The molecular formula is C8H15NO6. The van der Waals surface area contributed by atoms with Crippen LogP contribution in [-0.4, -0.2) is 47.3 Å². The van der Waals surface area contributed by atoms with Crippen molar-refractivity contribution in [1.29, 1.82) is 0 Å². The van der Waals surface area contributed by atoms with Crippen LogP contribution in [0.5, 0.6) is 0 Å². The second kappa shape index (κ2) is 5.24. The van der Waals surface area contributed by atoms with E-state index in [1.165, 1.54) is 7.11 Å². The van der Waals surface area contributed by atoms with E-state index in [1.807, 2.05) is 0 Å². The average Bonchev–Trinajstić information content (AvgIpc) is 2.46. The summed E-state index contributed by atoms with van der Waals surface area (Å²) in [6, 6.07) is 0. The lowest BCUT2D eigenvalue weighted by molar-refractivity contribution is -0.771. The highest BCUT2D eigenvalue weighted by Gasteiger charge is 2.44. The van der Waals surface area contributed by atoms with Gasteiger partial charge < -0.3 is 19.8 Å². The molecule has 0 radical (unpaired) electrons. The Bertz CT molecular complexity index is 223. The molecule has 4 atom stereocenters. The molecule has 0 heterocycles. The van der Waals surface area contributed by atoms with E-state index >= 15 is 0 Å². The molecule has 0 amide bonds. The molecular weight excluding hydrogens is 206 g/mol. The Balaban J connectivity index is 2.62. The van der Waals surface area contributed by atoms with E-state index in [4.69, 9.17) is 9.84 Å². The highest BCUT2D eigenvalue weighted by Crippen LogP contribution is 2.32. The standard InChI is InChI=1S/C8H15NO6/c1-14-6-4-5(2-3-10)7(11)8(6)15-9(12)13/h5-8,10-11H,2-4H2,1H3/t5-,6+,7-,8-/m0/s1. The fourth-order valence-electron chi connectivity index (χ4n) is 1.97. The van der Waals surface area contributed by atoms with Crippen LogP contribution in [0.2, 0.25) is 0 Å². The number of ether oxygens (including phenoxy) is 1. The van der Waals surface area contributed by atoms with Crippen LogP contribution in [0.4, 0.5) is 0 Å². The van der Waals surface area contributed by atoms with Gasteiger partial charge in [-0.2, -0.15) is 0 Å². The Morgan fingerprint density at radius 1 is 1.60 bits per heavy atom. The topological polar surface area (TPSA) is 102 Å². The zero-order valence-corrected chi connectivity index (χ0v) is 8.41. The monoisotopic (exact) mass is 221 g/mol. The molecule has 1 rings (SSSR count). The van der Waals surface area contributed by atoms with Crippen LogP contribution in [0.3, 0.4) is 0 Å². The first-order valence-corrected chi connectivity index (χ1v) is 4.73. The molecule has 88 valence electrons. The van der Waals surface area contributed by atoms with Gasteiger partial charge in [0.1, 0.15) is 0 Å². The highest BCUT2D eigenvalue weighted by atomic mass is 17.0. The van der Waals surface area contributed by atoms with E-state index in [0.29, 0.717) is 12.8 Å². The van der Waals surface area contributed by atoms with Crippen molar-refractivity contribution < 1.29 is 24.9 Å². The quantitative estimate of drug-likeness (QED) is 0.472. The predicted octanol–water partition coefficient (Wildman–Crippen LogP) is -0.659. The maximum atomic E-state index is 10.2. The molecule has 0 aromatic rings. The fourth-order valence-corrected chi connectivity index (χ4v) is 1.97. The average molecular weight is 221 g/mol. The Morgan fingerprint density at radius 2 is 2.27 bits per heavy atom. The molecule has 15 heavy (non-hydrogen) atoms. The van der Waals surface area contributed by atoms with Crippen LogP contribution in [0, 0.1) is 16.0 Å². The molecule has 7 nitrogen and oxygen atoms in total. The normalized spacial score (nSPS) is 35.4. The summed E-state index contributed by atoms with van der Waals surface area (Å²) < 4.78 is 5.00. The van der Waals surface area contributed by atoms with Gasteiger partial charge in [-0.3, -0.25) is 0 Å². The van der Waals surface area contributed by atoms with Crippen LogP contribution < -0.4 is 0 Å². The fraction of sp³-hybridized carbons (Fsp3) is 1.00. The molecule has 1 aliphatic rings. The summed E-state index contributed by atoms with van der Waals surface area (Å²) in [6.45, 7) is -0.0661. The van der Waals surface area contributed by atoms with E-state index < -0.39 is 23.4 Å². The molecule has 0 aromatic carbocycles. The Hall–Kier alpha value is -0.920. The van der Waals surface area contributed by atoms with Crippen LogP contribution >= 0.6 is 0 Å². The molecule has 0 saturated heterocycles. The number of nitrogens with zero attached hydrogens (tertiary/aromatic N) is 1. The van der Waals surface area contributed by atoms with Gasteiger partial charge >= 0.3 is 0 Å². The van der Waals surface area contributed by atoms with Gasteiger partial charge in [0, 0.05) is 13.7 Å². The van der Waals surface area contributed by atoms with Crippen molar-refractivity contribution in [2.75, 3.05) is 13.7 Å². The maximum Gasteiger partial charge on any atom is 0.294 e. The molecule has 0 aromatic heterocycles. The van der Waals surface area contributed by atoms with Crippen LogP contribution in [0.25, 0.3) is 0 Å². The van der Waals surface area contributed by atoms with Gasteiger partial charge in [-0.1, -0.05) is 0 Å². The Kier molecular flexibility index (Phi) is 4.25. The lowest BCUT2D eigenvalue weighted by atomic mass is 10.0. The van der Waals surface area contributed by atoms with Gasteiger partial charge in [0.25, 0.3) is 5.09 Å². The van der Waals surface area contributed by atoms with Gasteiger partial charge in [0.15, 0.2) is 6.10 Å². The first-order chi connectivity index (χ1) is 7.10. The van der Waals surface area contributed by atoms with E-state index in [9.17, 15) is 15.2 Å². The van der Waals surface area contributed by atoms with E-state index in [1.54, 1.807) is 0 Å². The van der Waals surface area contributed by atoms with Gasteiger partial charge in [0.2, 0.25) is 0 Å². The maximum absolute atomic E-state index is 10.2. The summed E-state index contributed by atoms with van der Waals surface area (Å²) >= 11 is 0. The Morgan fingerprint density at radius 3 is 2.73 bits per heavy atom. The highest BCUT2D eigenvalue weighted by molar-refractivity contribution is 4.92. The number of hydrogen-bond acceptors (Lipinski definition) is 6. The number of hydrogen-bond donors (Lipinski definition) is 2. The first-order valence-electron chi connectivity index (χ1n) is 4.73. The summed E-state index contributed by atoms with van der Waals surface area (Å²) in [4.78, 5) is 14.6. The van der Waals surface area contributed by atoms with Gasteiger partial charge in [-0.25, -0.2) is 0 Å². The number of aliphatic hydroxyl groups is 2. The summed E-state index contributed by atoms with van der Waals surface area (Å²) in [5.74, 6) is -0.218. The van der Waals surface area contributed by atoms with Gasteiger partial charge in [0.05, 0.1) is 12.2 Å². The third-order valence-electron chi connectivity index (χ3n) is 2.73. The molecule has 7 heteroatoms. The Labute approximate surface area is 86.7 Å². The molecule has 1 saturated carbocycles.